The summed E-state index contributed by atoms with van der Waals surface area (Å²) in [5.41, 5.74) is 2.36. The zero-order valence-corrected chi connectivity index (χ0v) is 24.1. The van der Waals surface area contributed by atoms with Crippen LogP contribution in [0.1, 0.15) is 115 Å². The Labute approximate surface area is 225 Å². The number of fused-ring (bicyclic) bond motifs is 1. The van der Waals surface area contributed by atoms with Crippen molar-refractivity contribution in [3.8, 4) is 0 Å². The van der Waals surface area contributed by atoms with E-state index in [1.54, 1.807) is 6.07 Å². The molecular formula is C28H43NaO3S. The van der Waals surface area contributed by atoms with Gasteiger partial charge in [0, 0.05) is 0 Å². The third-order valence-corrected chi connectivity index (χ3v) is 7.38. The van der Waals surface area contributed by atoms with E-state index < -0.39 is 10.1 Å². The van der Waals surface area contributed by atoms with Crippen molar-refractivity contribution >= 4 is 20.9 Å². The van der Waals surface area contributed by atoms with Crippen LogP contribution in [0.15, 0.2) is 35.2 Å². The third kappa shape index (κ3) is 11.3. The van der Waals surface area contributed by atoms with Gasteiger partial charge in [0.25, 0.3) is 0 Å². The van der Waals surface area contributed by atoms with Crippen molar-refractivity contribution in [2.45, 2.75) is 121 Å². The van der Waals surface area contributed by atoms with Gasteiger partial charge in [0.2, 0.25) is 0 Å². The second-order valence-electron chi connectivity index (χ2n) is 9.30. The molecular weight excluding hydrogens is 439 g/mol. The van der Waals surface area contributed by atoms with Crippen LogP contribution < -0.4 is 29.6 Å². The molecule has 33 heavy (non-hydrogen) atoms. The molecule has 0 aliphatic rings. The Hall–Kier alpha value is -0.390. The fraction of sp³-hybridized carbons (Fsp3) is 0.643. The molecule has 0 unspecified atom stereocenters. The van der Waals surface area contributed by atoms with Crippen molar-refractivity contribution in [2.75, 3.05) is 0 Å². The molecule has 180 valence electrons. The number of hydrogen-bond donors (Lipinski definition) is 0. The Morgan fingerprint density at radius 2 is 1.18 bits per heavy atom. The molecule has 0 bridgehead atoms. The summed E-state index contributed by atoms with van der Waals surface area (Å²) in [4.78, 5) is -0.0720. The summed E-state index contributed by atoms with van der Waals surface area (Å²) in [5.74, 6) is 0. The summed E-state index contributed by atoms with van der Waals surface area (Å²) in [6, 6.07) is 9.35. The normalized spacial score (nSPS) is 11.6. The zero-order valence-electron chi connectivity index (χ0n) is 21.3. The number of hydrogen-bond acceptors (Lipinski definition) is 3. The van der Waals surface area contributed by atoms with Crippen molar-refractivity contribution in [1.29, 1.82) is 0 Å². The summed E-state index contributed by atoms with van der Waals surface area (Å²) in [6.07, 6.45) is 19.4. The fourth-order valence-electron chi connectivity index (χ4n) is 4.63. The summed E-state index contributed by atoms with van der Waals surface area (Å²) in [5, 5.41) is 1.54. The smallest absolute Gasteiger partial charge is 0.744 e. The quantitative estimate of drug-likeness (QED) is 0.174. The van der Waals surface area contributed by atoms with Crippen LogP contribution in [0.3, 0.4) is 0 Å². The molecule has 2 rings (SSSR count). The Balaban J connectivity index is 0.00000544. The molecule has 2 aromatic rings. The average Bonchev–Trinajstić information content (AvgIpc) is 2.76. The second-order valence-corrected chi connectivity index (χ2v) is 10.7. The van der Waals surface area contributed by atoms with Gasteiger partial charge < -0.3 is 4.55 Å². The van der Waals surface area contributed by atoms with Crippen molar-refractivity contribution in [3.05, 3.63) is 41.5 Å². The molecule has 0 aromatic heterocycles. The van der Waals surface area contributed by atoms with E-state index >= 15 is 0 Å². The first-order valence-corrected chi connectivity index (χ1v) is 14.4. The second kappa shape index (κ2) is 17.1. The minimum absolute atomic E-state index is 0. The number of unbranched alkanes of at least 4 members (excludes halogenated alkanes) is 12. The molecule has 0 heterocycles. The maximum absolute atomic E-state index is 11.9. The maximum Gasteiger partial charge on any atom is 1.00 e. The van der Waals surface area contributed by atoms with Crippen LogP contribution in [0.4, 0.5) is 0 Å². The Bertz CT molecular complexity index is 909. The van der Waals surface area contributed by atoms with Crippen LogP contribution in [-0.2, 0) is 23.0 Å². The first kappa shape index (κ1) is 30.6. The Kier molecular flexibility index (Phi) is 15.9. The van der Waals surface area contributed by atoms with Crippen LogP contribution in [0, 0.1) is 0 Å². The van der Waals surface area contributed by atoms with Crippen LogP contribution >= 0.6 is 0 Å². The van der Waals surface area contributed by atoms with Gasteiger partial charge in [-0.15, -0.1) is 0 Å². The average molecular weight is 483 g/mol. The van der Waals surface area contributed by atoms with E-state index in [0.717, 1.165) is 31.1 Å². The summed E-state index contributed by atoms with van der Waals surface area (Å²) in [6.45, 7) is 4.47. The molecule has 0 aliphatic heterocycles. The largest absolute Gasteiger partial charge is 1.00 e. The van der Waals surface area contributed by atoms with E-state index in [1.165, 1.54) is 94.2 Å². The molecule has 0 fully saturated rings. The minimum Gasteiger partial charge on any atom is -0.744 e. The molecule has 0 N–H and O–H groups in total. The van der Waals surface area contributed by atoms with Gasteiger partial charge in [-0.1, -0.05) is 109 Å². The van der Waals surface area contributed by atoms with Crippen LogP contribution in [0.2, 0.25) is 0 Å². The van der Waals surface area contributed by atoms with Crippen molar-refractivity contribution in [1.82, 2.24) is 0 Å². The van der Waals surface area contributed by atoms with Crippen molar-refractivity contribution in [3.63, 3.8) is 0 Å². The first-order valence-electron chi connectivity index (χ1n) is 13.0. The van der Waals surface area contributed by atoms with E-state index in [4.69, 9.17) is 0 Å². The standard InChI is InChI=1S/C28H44O3S.Na/c1-3-5-7-9-11-13-15-18-24-22-25(19-16-14-12-10-8-6-4-2)26-20-17-21-28(27(26)23-24)32(29,30)31;/h17,20-23H,3-16,18-19H2,1-2H3,(H,29,30,31);/q;+1/p-1. The van der Waals surface area contributed by atoms with E-state index in [0.29, 0.717) is 5.39 Å². The number of rotatable bonds is 17. The molecule has 0 saturated heterocycles. The summed E-state index contributed by atoms with van der Waals surface area (Å²) in [7, 11) is -4.49. The van der Waals surface area contributed by atoms with Gasteiger partial charge in [-0.25, -0.2) is 8.42 Å². The SMILES string of the molecule is CCCCCCCCCc1cc(CCCCCCCCC)c2cccc(S(=O)(=O)[O-])c2c1.[Na+]. The van der Waals surface area contributed by atoms with Crippen LogP contribution in [0.5, 0.6) is 0 Å². The van der Waals surface area contributed by atoms with Gasteiger partial charge >= 0.3 is 29.6 Å². The molecule has 0 amide bonds. The molecule has 0 radical (unpaired) electrons. The van der Waals surface area contributed by atoms with Gasteiger partial charge in [0.1, 0.15) is 10.1 Å². The number of benzene rings is 2. The predicted molar refractivity (Wildman–Crippen MR) is 135 cm³/mol. The number of aryl methyl sites for hydroxylation is 2. The zero-order chi connectivity index (χ0) is 23.2. The Morgan fingerprint density at radius 1 is 0.667 bits per heavy atom. The van der Waals surface area contributed by atoms with Crippen molar-refractivity contribution in [2.24, 2.45) is 0 Å². The van der Waals surface area contributed by atoms with E-state index in [9.17, 15) is 13.0 Å². The van der Waals surface area contributed by atoms with Crippen LogP contribution in [0.25, 0.3) is 10.8 Å². The molecule has 0 spiro atoms. The van der Waals surface area contributed by atoms with Gasteiger partial charge in [-0.2, -0.15) is 0 Å². The summed E-state index contributed by atoms with van der Waals surface area (Å²) < 4.78 is 35.7. The Morgan fingerprint density at radius 3 is 1.73 bits per heavy atom. The van der Waals surface area contributed by atoms with Gasteiger partial charge in [0.05, 0.1) is 4.90 Å². The van der Waals surface area contributed by atoms with E-state index in [2.05, 4.69) is 19.9 Å². The monoisotopic (exact) mass is 482 g/mol. The van der Waals surface area contributed by atoms with Crippen LogP contribution in [-0.4, -0.2) is 13.0 Å². The fourth-order valence-corrected chi connectivity index (χ4v) is 5.31. The minimum atomic E-state index is -4.49. The summed E-state index contributed by atoms with van der Waals surface area (Å²) >= 11 is 0. The maximum atomic E-state index is 11.9. The van der Waals surface area contributed by atoms with Gasteiger partial charge in [0.15, 0.2) is 0 Å². The topological polar surface area (TPSA) is 57.2 Å². The van der Waals surface area contributed by atoms with Crippen molar-refractivity contribution < 1.29 is 42.5 Å². The van der Waals surface area contributed by atoms with Gasteiger partial charge in [-0.3, -0.25) is 0 Å². The molecule has 2 aromatic carbocycles. The molecule has 0 atom stereocenters. The third-order valence-electron chi connectivity index (χ3n) is 6.49. The predicted octanol–water partition coefficient (Wildman–Crippen LogP) is 5.33. The molecule has 5 heteroatoms. The molecule has 3 nitrogen and oxygen atoms in total. The van der Waals surface area contributed by atoms with Gasteiger partial charge in [-0.05, 0) is 59.7 Å². The first-order chi connectivity index (χ1) is 15.5. The molecule has 0 aliphatic carbocycles. The molecule has 0 saturated carbocycles. The van der Waals surface area contributed by atoms with E-state index in [1.807, 2.05) is 12.1 Å². The van der Waals surface area contributed by atoms with E-state index in [-0.39, 0.29) is 34.5 Å².